The summed E-state index contributed by atoms with van der Waals surface area (Å²) in [6, 6.07) is 9.76. The van der Waals surface area contributed by atoms with Gasteiger partial charge in [0.05, 0.1) is 31.5 Å². The van der Waals surface area contributed by atoms with Crippen molar-refractivity contribution < 1.29 is 25.2 Å². The van der Waals surface area contributed by atoms with Crippen molar-refractivity contribution in [1.82, 2.24) is 0 Å². The van der Waals surface area contributed by atoms with Crippen LogP contribution in [0.15, 0.2) is 30.3 Å². The molecule has 0 saturated heterocycles. The molecule has 0 amide bonds. The van der Waals surface area contributed by atoms with E-state index in [9.17, 15) is 10.2 Å². The highest BCUT2D eigenvalue weighted by atomic mass is 16.5. The van der Waals surface area contributed by atoms with E-state index < -0.39 is 18.3 Å². The molecule has 0 radical (unpaired) electrons. The van der Waals surface area contributed by atoms with Crippen LogP contribution in [-0.2, 0) is 11.3 Å². The second kappa shape index (κ2) is 9.85. The first kappa shape index (κ1) is 17.1. The second-order valence-corrected chi connectivity index (χ2v) is 4.94. The minimum atomic E-state index is -0.938. The molecule has 5 nitrogen and oxygen atoms in total. The minimum Gasteiger partial charge on any atom is -0.394 e. The Kier molecular flexibility index (Phi) is 8.41. The molecule has 0 saturated carbocycles. The SMILES string of the molecule is OC[C@@H](O)C[C@@H](O)C[C@@H](O)CCOCc1ccccc1. The lowest BCUT2D eigenvalue weighted by molar-refractivity contribution is 0.00807. The molecule has 1 aromatic carbocycles. The monoisotopic (exact) mass is 284 g/mol. The molecular weight excluding hydrogens is 260 g/mol. The van der Waals surface area contributed by atoms with E-state index in [2.05, 4.69) is 0 Å². The molecule has 5 heteroatoms. The van der Waals surface area contributed by atoms with Crippen molar-refractivity contribution in [1.29, 1.82) is 0 Å². The van der Waals surface area contributed by atoms with E-state index in [1.807, 2.05) is 30.3 Å². The highest BCUT2D eigenvalue weighted by Gasteiger charge is 2.15. The molecule has 0 heterocycles. The van der Waals surface area contributed by atoms with Crippen LogP contribution >= 0.6 is 0 Å². The Balaban J connectivity index is 2.09. The Labute approximate surface area is 119 Å². The van der Waals surface area contributed by atoms with Crippen LogP contribution in [0.1, 0.15) is 24.8 Å². The lowest BCUT2D eigenvalue weighted by atomic mass is 10.0. The van der Waals surface area contributed by atoms with Crippen molar-refractivity contribution in [3.63, 3.8) is 0 Å². The second-order valence-electron chi connectivity index (χ2n) is 4.94. The van der Waals surface area contributed by atoms with E-state index >= 15 is 0 Å². The summed E-state index contributed by atoms with van der Waals surface area (Å²) >= 11 is 0. The number of rotatable bonds is 10. The maximum atomic E-state index is 9.72. The molecule has 0 aliphatic rings. The maximum Gasteiger partial charge on any atom is 0.0795 e. The fourth-order valence-corrected chi connectivity index (χ4v) is 1.90. The van der Waals surface area contributed by atoms with Gasteiger partial charge in [-0.3, -0.25) is 0 Å². The normalized spacial score (nSPS) is 15.8. The van der Waals surface area contributed by atoms with Crippen LogP contribution in [0, 0.1) is 0 Å². The van der Waals surface area contributed by atoms with Crippen molar-refractivity contribution >= 4 is 0 Å². The zero-order valence-electron chi connectivity index (χ0n) is 11.6. The van der Waals surface area contributed by atoms with Gasteiger partial charge in [0.25, 0.3) is 0 Å². The zero-order valence-corrected chi connectivity index (χ0v) is 11.6. The summed E-state index contributed by atoms with van der Waals surface area (Å²) < 4.78 is 5.44. The fourth-order valence-electron chi connectivity index (χ4n) is 1.90. The number of aliphatic hydroxyl groups excluding tert-OH is 4. The van der Waals surface area contributed by atoms with Gasteiger partial charge in [-0.2, -0.15) is 0 Å². The highest BCUT2D eigenvalue weighted by molar-refractivity contribution is 5.13. The summed E-state index contributed by atoms with van der Waals surface area (Å²) in [6.07, 6.45) is -1.76. The van der Waals surface area contributed by atoms with E-state index in [1.165, 1.54) is 0 Å². The molecule has 0 aromatic heterocycles. The molecule has 114 valence electrons. The van der Waals surface area contributed by atoms with Gasteiger partial charge in [-0.1, -0.05) is 30.3 Å². The largest absolute Gasteiger partial charge is 0.394 e. The van der Waals surface area contributed by atoms with Crippen LogP contribution in [0.5, 0.6) is 0 Å². The summed E-state index contributed by atoms with van der Waals surface area (Å²) in [5, 5.41) is 37.1. The van der Waals surface area contributed by atoms with Gasteiger partial charge in [0.15, 0.2) is 0 Å². The third-order valence-electron chi connectivity index (χ3n) is 3.01. The summed E-state index contributed by atoms with van der Waals surface area (Å²) in [7, 11) is 0. The molecule has 1 rings (SSSR count). The quantitative estimate of drug-likeness (QED) is 0.468. The molecule has 0 aliphatic heterocycles. The molecule has 0 bridgehead atoms. The van der Waals surface area contributed by atoms with Gasteiger partial charge in [0.2, 0.25) is 0 Å². The molecule has 1 aromatic rings. The predicted molar refractivity (Wildman–Crippen MR) is 75.1 cm³/mol. The van der Waals surface area contributed by atoms with Gasteiger partial charge < -0.3 is 25.2 Å². The lowest BCUT2D eigenvalue weighted by Crippen LogP contribution is -2.25. The summed E-state index contributed by atoms with van der Waals surface area (Å²) in [5.41, 5.74) is 1.08. The smallest absolute Gasteiger partial charge is 0.0795 e. The standard InChI is InChI=1S/C15H24O5/c16-10-15(19)9-14(18)8-13(17)6-7-20-11-12-4-2-1-3-5-12/h1-5,13-19H,6-11H2/t13-,14-,15-/m0/s1. The average Bonchev–Trinajstić information content (AvgIpc) is 2.44. The van der Waals surface area contributed by atoms with Crippen LogP contribution in [-0.4, -0.2) is 52.0 Å². The molecule has 4 N–H and O–H groups in total. The van der Waals surface area contributed by atoms with Crippen LogP contribution in [0.25, 0.3) is 0 Å². The van der Waals surface area contributed by atoms with Crippen molar-refractivity contribution in [3.05, 3.63) is 35.9 Å². The van der Waals surface area contributed by atoms with Gasteiger partial charge in [-0.05, 0) is 18.4 Å². The molecular formula is C15H24O5. The Morgan fingerprint density at radius 2 is 1.55 bits per heavy atom. The third kappa shape index (κ3) is 7.57. The summed E-state index contributed by atoms with van der Waals surface area (Å²) in [6.45, 7) is 0.526. The van der Waals surface area contributed by atoms with Gasteiger partial charge in [-0.15, -0.1) is 0 Å². The Hall–Kier alpha value is -0.980. The molecule has 3 atom stereocenters. The number of aliphatic hydroxyl groups is 4. The Morgan fingerprint density at radius 3 is 2.20 bits per heavy atom. The van der Waals surface area contributed by atoms with Crippen LogP contribution in [0.3, 0.4) is 0 Å². The van der Waals surface area contributed by atoms with Crippen LogP contribution < -0.4 is 0 Å². The number of hydrogen-bond acceptors (Lipinski definition) is 5. The van der Waals surface area contributed by atoms with E-state index in [1.54, 1.807) is 0 Å². The summed E-state index contributed by atoms with van der Waals surface area (Å²) in [4.78, 5) is 0. The predicted octanol–water partition coefficient (Wildman–Crippen LogP) is 0.448. The number of benzene rings is 1. The first-order valence-electron chi connectivity index (χ1n) is 6.88. The molecule has 0 aliphatic carbocycles. The van der Waals surface area contributed by atoms with Crippen LogP contribution in [0.2, 0.25) is 0 Å². The zero-order chi connectivity index (χ0) is 14.8. The topological polar surface area (TPSA) is 90.2 Å². The van der Waals surface area contributed by atoms with Crippen molar-refractivity contribution in [2.45, 2.75) is 44.2 Å². The molecule has 0 fully saturated rings. The van der Waals surface area contributed by atoms with E-state index in [4.69, 9.17) is 14.9 Å². The first-order valence-corrected chi connectivity index (χ1v) is 6.88. The highest BCUT2D eigenvalue weighted by Crippen LogP contribution is 2.09. The van der Waals surface area contributed by atoms with Crippen molar-refractivity contribution in [2.24, 2.45) is 0 Å². The van der Waals surface area contributed by atoms with Gasteiger partial charge in [-0.25, -0.2) is 0 Å². The average molecular weight is 284 g/mol. The van der Waals surface area contributed by atoms with E-state index in [0.29, 0.717) is 19.6 Å². The van der Waals surface area contributed by atoms with Crippen LogP contribution in [0.4, 0.5) is 0 Å². The Bertz CT molecular complexity index is 343. The van der Waals surface area contributed by atoms with E-state index in [-0.39, 0.29) is 19.4 Å². The van der Waals surface area contributed by atoms with Gasteiger partial charge >= 0.3 is 0 Å². The van der Waals surface area contributed by atoms with Gasteiger partial charge in [0.1, 0.15) is 0 Å². The molecule has 0 spiro atoms. The number of hydrogen-bond donors (Lipinski definition) is 4. The van der Waals surface area contributed by atoms with Gasteiger partial charge in [0, 0.05) is 13.0 Å². The number of ether oxygens (including phenoxy) is 1. The fraction of sp³-hybridized carbons (Fsp3) is 0.600. The Morgan fingerprint density at radius 1 is 0.900 bits per heavy atom. The third-order valence-corrected chi connectivity index (χ3v) is 3.01. The van der Waals surface area contributed by atoms with E-state index in [0.717, 1.165) is 5.56 Å². The lowest BCUT2D eigenvalue weighted by Gasteiger charge is -2.17. The molecule has 0 unspecified atom stereocenters. The van der Waals surface area contributed by atoms with Crippen molar-refractivity contribution in [3.8, 4) is 0 Å². The molecule has 20 heavy (non-hydrogen) atoms. The van der Waals surface area contributed by atoms with Crippen molar-refractivity contribution in [2.75, 3.05) is 13.2 Å². The maximum absolute atomic E-state index is 9.72. The first-order chi connectivity index (χ1) is 9.61. The summed E-state index contributed by atoms with van der Waals surface area (Å²) in [5.74, 6) is 0. The minimum absolute atomic E-state index is 0.0679.